The minimum absolute atomic E-state index is 0.200. The van der Waals surface area contributed by atoms with Crippen LogP contribution in [-0.2, 0) is 11.4 Å². The molecule has 4 nitrogen and oxygen atoms in total. The molecule has 0 aliphatic rings. The Morgan fingerprint density at radius 2 is 2.29 bits per heavy atom. The lowest BCUT2D eigenvalue weighted by atomic mass is 10.2. The average molecular weight is 216 g/mol. The standard InChI is InChI=1S/C9H10ClNO3/c10-7-3-1-2-6(4-12)9(7)14-5-8(11)13/h1-3,12H,4-5H2,(H2,11,13). The third kappa shape index (κ3) is 2.61. The molecule has 76 valence electrons. The van der Waals surface area contributed by atoms with E-state index in [-0.39, 0.29) is 13.2 Å². The Hall–Kier alpha value is -1.26. The Bertz CT molecular complexity index is 341. The lowest BCUT2D eigenvalue weighted by Gasteiger charge is -2.09. The number of rotatable bonds is 4. The van der Waals surface area contributed by atoms with Gasteiger partial charge in [-0.15, -0.1) is 0 Å². The quantitative estimate of drug-likeness (QED) is 0.777. The highest BCUT2D eigenvalue weighted by Crippen LogP contribution is 2.28. The normalized spacial score (nSPS) is 9.86. The van der Waals surface area contributed by atoms with Crippen molar-refractivity contribution in [1.29, 1.82) is 0 Å². The van der Waals surface area contributed by atoms with E-state index in [0.29, 0.717) is 16.3 Å². The minimum Gasteiger partial charge on any atom is -0.482 e. The van der Waals surface area contributed by atoms with Crippen molar-refractivity contribution >= 4 is 17.5 Å². The lowest BCUT2D eigenvalue weighted by molar-refractivity contribution is -0.119. The highest BCUT2D eigenvalue weighted by Gasteiger charge is 2.08. The van der Waals surface area contributed by atoms with Crippen molar-refractivity contribution in [3.05, 3.63) is 28.8 Å². The second-order valence-electron chi connectivity index (χ2n) is 2.64. The van der Waals surface area contributed by atoms with Gasteiger partial charge in [-0.25, -0.2) is 0 Å². The van der Waals surface area contributed by atoms with Crippen molar-refractivity contribution in [3.63, 3.8) is 0 Å². The minimum atomic E-state index is -0.589. The van der Waals surface area contributed by atoms with Crippen molar-refractivity contribution in [2.75, 3.05) is 6.61 Å². The first-order valence-electron chi connectivity index (χ1n) is 3.94. The first kappa shape index (κ1) is 10.8. The van der Waals surface area contributed by atoms with Crippen LogP contribution in [0.5, 0.6) is 5.75 Å². The molecule has 0 heterocycles. The average Bonchev–Trinajstić information content (AvgIpc) is 2.15. The molecule has 0 radical (unpaired) electrons. The smallest absolute Gasteiger partial charge is 0.255 e. The summed E-state index contributed by atoms with van der Waals surface area (Å²) in [6.07, 6.45) is 0. The van der Waals surface area contributed by atoms with Crippen LogP contribution < -0.4 is 10.5 Å². The summed E-state index contributed by atoms with van der Waals surface area (Å²) in [6, 6.07) is 4.95. The molecule has 0 aromatic heterocycles. The van der Waals surface area contributed by atoms with Gasteiger partial charge in [-0.2, -0.15) is 0 Å². The number of aliphatic hydroxyl groups is 1. The highest BCUT2D eigenvalue weighted by molar-refractivity contribution is 6.32. The molecule has 0 aliphatic carbocycles. The van der Waals surface area contributed by atoms with Gasteiger partial charge in [0.05, 0.1) is 11.6 Å². The fourth-order valence-corrected chi connectivity index (χ4v) is 1.23. The molecule has 0 atom stereocenters. The molecule has 0 fully saturated rings. The number of ether oxygens (including phenoxy) is 1. The molecule has 5 heteroatoms. The SMILES string of the molecule is NC(=O)COc1c(Cl)cccc1CO. The van der Waals surface area contributed by atoms with Crippen LogP contribution in [-0.4, -0.2) is 17.6 Å². The van der Waals surface area contributed by atoms with Crippen LogP contribution in [0.25, 0.3) is 0 Å². The first-order valence-corrected chi connectivity index (χ1v) is 4.32. The second kappa shape index (κ2) is 4.83. The third-order valence-electron chi connectivity index (χ3n) is 1.58. The molecule has 14 heavy (non-hydrogen) atoms. The van der Waals surface area contributed by atoms with E-state index >= 15 is 0 Å². The molecular formula is C9H10ClNO3. The molecular weight excluding hydrogens is 206 g/mol. The van der Waals surface area contributed by atoms with Gasteiger partial charge in [0.2, 0.25) is 0 Å². The van der Waals surface area contributed by atoms with Crippen molar-refractivity contribution < 1.29 is 14.6 Å². The summed E-state index contributed by atoms with van der Waals surface area (Å²) in [5.74, 6) is -0.288. The van der Waals surface area contributed by atoms with E-state index in [2.05, 4.69) is 0 Å². The first-order chi connectivity index (χ1) is 6.65. The molecule has 0 saturated carbocycles. The lowest BCUT2D eigenvalue weighted by Crippen LogP contribution is -2.20. The van der Waals surface area contributed by atoms with E-state index in [9.17, 15) is 4.79 Å². The second-order valence-corrected chi connectivity index (χ2v) is 3.05. The Morgan fingerprint density at radius 1 is 1.57 bits per heavy atom. The maximum Gasteiger partial charge on any atom is 0.255 e. The van der Waals surface area contributed by atoms with Crippen molar-refractivity contribution in [2.24, 2.45) is 5.73 Å². The van der Waals surface area contributed by atoms with Gasteiger partial charge < -0.3 is 15.6 Å². The number of hydrogen-bond donors (Lipinski definition) is 2. The van der Waals surface area contributed by atoms with Gasteiger partial charge in [0.1, 0.15) is 5.75 Å². The number of primary amides is 1. The van der Waals surface area contributed by atoms with Gasteiger partial charge in [0.25, 0.3) is 5.91 Å². The van der Waals surface area contributed by atoms with Crippen LogP contribution in [0.15, 0.2) is 18.2 Å². The zero-order valence-electron chi connectivity index (χ0n) is 7.37. The predicted molar refractivity (Wildman–Crippen MR) is 52.1 cm³/mol. The van der Waals surface area contributed by atoms with Crippen LogP contribution in [0.4, 0.5) is 0 Å². The fourth-order valence-electron chi connectivity index (χ4n) is 0.983. The van der Waals surface area contributed by atoms with Crippen molar-refractivity contribution in [1.82, 2.24) is 0 Å². The highest BCUT2D eigenvalue weighted by atomic mass is 35.5. The van der Waals surface area contributed by atoms with Crippen LogP contribution in [0.2, 0.25) is 5.02 Å². The molecule has 3 N–H and O–H groups in total. The number of para-hydroxylation sites is 1. The van der Waals surface area contributed by atoms with Gasteiger partial charge in [-0.1, -0.05) is 23.7 Å². The summed E-state index contributed by atoms with van der Waals surface area (Å²) in [5.41, 5.74) is 5.44. The van der Waals surface area contributed by atoms with Crippen LogP contribution in [0.3, 0.4) is 0 Å². The monoisotopic (exact) mass is 215 g/mol. The zero-order chi connectivity index (χ0) is 10.6. The topological polar surface area (TPSA) is 72.6 Å². The van der Waals surface area contributed by atoms with E-state index in [1.54, 1.807) is 18.2 Å². The molecule has 0 unspecified atom stereocenters. The summed E-state index contributed by atoms with van der Waals surface area (Å²) in [4.78, 5) is 10.5. The summed E-state index contributed by atoms with van der Waals surface area (Å²) < 4.78 is 5.05. The van der Waals surface area contributed by atoms with Crippen LogP contribution in [0.1, 0.15) is 5.56 Å². The van der Waals surface area contributed by atoms with Gasteiger partial charge in [-0.05, 0) is 6.07 Å². The number of nitrogens with two attached hydrogens (primary N) is 1. The predicted octanol–water partition coefficient (Wildman–Crippen LogP) is 0.696. The van der Waals surface area contributed by atoms with Gasteiger partial charge in [-0.3, -0.25) is 4.79 Å². The Balaban J connectivity index is 2.87. The van der Waals surface area contributed by atoms with Gasteiger partial charge in [0.15, 0.2) is 6.61 Å². The third-order valence-corrected chi connectivity index (χ3v) is 1.88. The van der Waals surface area contributed by atoms with E-state index in [4.69, 9.17) is 27.2 Å². The number of carbonyl (C=O) groups is 1. The molecule has 1 amide bonds. The fraction of sp³-hybridized carbons (Fsp3) is 0.222. The van der Waals surface area contributed by atoms with Crippen molar-refractivity contribution in [2.45, 2.75) is 6.61 Å². The maximum atomic E-state index is 10.5. The molecule has 0 spiro atoms. The largest absolute Gasteiger partial charge is 0.482 e. The number of hydrogen-bond acceptors (Lipinski definition) is 3. The molecule has 1 rings (SSSR count). The number of carbonyl (C=O) groups excluding carboxylic acids is 1. The van der Waals surface area contributed by atoms with Crippen LogP contribution >= 0.6 is 11.6 Å². The van der Waals surface area contributed by atoms with Crippen molar-refractivity contribution in [3.8, 4) is 5.75 Å². The Kier molecular flexibility index (Phi) is 3.73. The molecule has 0 aliphatic heterocycles. The van der Waals surface area contributed by atoms with E-state index in [1.165, 1.54) is 0 Å². The summed E-state index contributed by atoms with van der Waals surface area (Å²) >= 11 is 5.80. The molecule has 0 saturated heterocycles. The van der Waals surface area contributed by atoms with E-state index in [0.717, 1.165) is 0 Å². The summed E-state index contributed by atoms with van der Waals surface area (Å²) in [5, 5.41) is 9.30. The number of halogens is 1. The Morgan fingerprint density at radius 3 is 2.86 bits per heavy atom. The number of amides is 1. The zero-order valence-corrected chi connectivity index (χ0v) is 8.12. The molecule has 1 aromatic rings. The molecule has 1 aromatic carbocycles. The van der Waals surface area contributed by atoms with E-state index in [1.807, 2.05) is 0 Å². The van der Waals surface area contributed by atoms with E-state index < -0.39 is 5.91 Å². The van der Waals surface area contributed by atoms with Crippen LogP contribution in [0, 0.1) is 0 Å². The van der Waals surface area contributed by atoms with Gasteiger partial charge >= 0.3 is 0 Å². The Labute approximate surface area is 86.2 Å². The number of benzene rings is 1. The van der Waals surface area contributed by atoms with Gasteiger partial charge in [0, 0.05) is 5.56 Å². The summed E-state index contributed by atoms with van der Waals surface area (Å²) in [7, 11) is 0. The number of aliphatic hydroxyl groups excluding tert-OH is 1. The molecule has 0 bridgehead atoms. The summed E-state index contributed by atoms with van der Waals surface area (Å²) in [6.45, 7) is -0.453. The maximum absolute atomic E-state index is 10.5.